The van der Waals surface area contributed by atoms with E-state index in [-0.39, 0.29) is 11.1 Å². The maximum absolute atomic E-state index is 13.1. The minimum absolute atomic E-state index is 0.00252. The lowest BCUT2D eigenvalue weighted by atomic mass is 9.91. The summed E-state index contributed by atoms with van der Waals surface area (Å²) >= 11 is 5.97. The Labute approximate surface area is 161 Å². The first-order chi connectivity index (χ1) is 12.9. The maximum atomic E-state index is 13.1. The van der Waals surface area contributed by atoms with E-state index < -0.39 is 17.4 Å². The van der Waals surface area contributed by atoms with Gasteiger partial charge in [-0.1, -0.05) is 11.6 Å². The number of ether oxygens (including phenoxy) is 2. The fraction of sp³-hybridized carbons (Fsp3) is 0.556. The zero-order valence-corrected chi connectivity index (χ0v) is 15.5. The summed E-state index contributed by atoms with van der Waals surface area (Å²) in [5.41, 5.74) is -0.396. The first kappa shape index (κ1) is 18.2. The van der Waals surface area contributed by atoms with E-state index >= 15 is 0 Å². The van der Waals surface area contributed by atoms with Gasteiger partial charge in [0.05, 0.1) is 24.7 Å². The van der Waals surface area contributed by atoms with Gasteiger partial charge in [0.25, 0.3) is 0 Å². The summed E-state index contributed by atoms with van der Waals surface area (Å²) in [6.45, 7) is 3.12. The molecule has 0 unspecified atom stereocenters. The zero-order chi connectivity index (χ0) is 19.0. The molecule has 0 aliphatic carbocycles. The molecule has 1 spiro atoms. The molecule has 146 valence electrons. The van der Waals surface area contributed by atoms with E-state index in [2.05, 4.69) is 5.32 Å². The molecule has 1 aromatic rings. The predicted molar refractivity (Wildman–Crippen MR) is 95.4 cm³/mol. The van der Waals surface area contributed by atoms with Crippen molar-refractivity contribution in [2.45, 2.75) is 18.4 Å². The Hall–Kier alpha value is -2.22. The standard InChI is InChI=1S/C18H21ClFN3O4/c19-14-7-13(20)1-2-15(14)26-8-12-3-5-22(6-4-12)17(25)23-9-18(10-23)11-27-16(24)21-18/h1-2,7,12H,3-6,8-11H2,(H,21,24). The topological polar surface area (TPSA) is 71.1 Å². The van der Waals surface area contributed by atoms with Gasteiger partial charge in [-0.3, -0.25) is 0 Å². The van der Waals surface area contributed by atoms with Crippen LogP contribution in [0.5, 0.6) is 5.75 Å². The molecule has 3 fully saturated rings. The molecule has 27 heavy (non-hydrogen) atoms. The second-order valence-corrected chi connectivity index (χ2v) is 7.84. The second-order valence-electron chi connectivity index (χ2n) is 7.44. The highest BCUT2D eigenvalue weighted by molar-refractivity contribution is 6.32. The Kier molecular flexibility index (Phi) is 4.75. The predicted octanol–water partition coefficient (Wildman–Crippen LogP) is 2.48. The number of carbonyl (C=O) groups excluding carboxylic acids is 2. The van der Waals surface area contributed by atoms with Crippen molar-refractivity contribution < 1.29 is 23.5 Å². The third-order valence-electron chi connectivity index (χ3n) is 5.36. The number of nitrogens with one attached hydrogen (secondary N) is 1. The van der Waals surface area contributed by atoms with Crippen LogP contribution in [0, 0.1) is 11.7 Å². The molecular weight excluding hydrogens is 377 g/mol. The first-order valence-corrected chi connectivity index (χ1v) is 9.39. The average molecular weight is 398 g/mol. The van der Waals surface area contributed by atoms with Crippen LogP contribution in [0.4, 0.5) is 14.0 Å². The minimum atomic E-state index is -0.413. The van der Waals surface area contributed by atoms with Crippen LogP contribution in [-0.4, -0.2) is 66.9 Å². The highest BCUT2D eigenvalue weighted by Crippen LogP contribution is 2.29. The zero-order valence-electron chi connectivity index (χ0n) is 14.7. The summed E-state index contributed by atoms with van der Waals surface area (Å²) in [6, 6.07) is 4.08. The summed E-state index contributed by atoms with van der Waals surface area (Å²) in [4.78, 5) is 27.3. The van der Waals surface area contributed by atoms with Crippen LogP contribution < -0.4 is 10.1 Å². The Morgan fingerprint density at radius 2 is 2.07 bits per heavy atom. The number of halogens is 2. The molecule has 0 atom stereocenters. The van der Waals surface area contributed by atoms with E-state index in [1.54, 1.807) is 4.90 Å². The highest BCUT2D eigenvalue weighted by Gasteiger charge is 2.52. The smallest absolute Gasteiger partial charge is 0.407 e. The largest absolute Gasteiger partial charge is 0.492 e. The Morgan fingerprint density at radius 1 is 1.33 bits per heavy atom. The first-order valence-electron chi connectivity index (χ1n) is 9.01. The Balaban J connectivity index is 1.21. The SMILES string of the molecule is O=C1NC2(CO1)CN(C(=O)N1CCC(COc3ccc(F)cc3Cl)CC1)C2. The number of likely N-dealkylation sites (tertiary alicyclic amines) is 2. The number of urea groups is 1. The van der Waals surface area contributed by atoms with Crippen molar-refractivity contribution in [1.29, 1.82) is 0 Å². The number of nitrogens with zero attached hydrogens (tertiary/aromatic N) is 2. The van der Waals surface area contributed by atoms with Crippen LogP contribution in [0.3, 0.4) is 0 Å². The van der Waals surface area contributed by atoms with Crippen molar-refractivity contribution in [2.75, 3.05) is 39.4 Å². The summed E-state index contributed by atoms with van der Waals surface area (Å²) in [7, 11) is 0. The fourth-order valence-electron chi connectivity index (χ4n) is 3.77. The van der Waals surface area contributed by atoms with E-state index in [1.165, 1.54) is 18.2 Å². The van der Waals surface area contributed by atoms with E-state index in [9.17, 15) is 14.0 Å². The van der Waals surface area contributed by atoms with Gasteiger partial charge in [0.2, 0.25) is 0 Å². The van der Waals surface area contributed by atoms with Crippen LogP contribution in [0.25, 0.3) is 0 Å². The molecule has 3 amide bonds. The molecule has 0 saturated carbocycles. The number of benzene rings is 1. The fourth-order valence-corrected chi connectivity index (χ4v) is 3.99. The molecule has 3 aliphatic heterocycles. The number of cyclic esters (lactones) is 1. The minimum Gasteiger partial charge on any atom is -0.492 e. The van der Waals surface area contributed by atoms with Crippen molar-refractivity contribution in [3.63, 3.8) is 0 Å². The van der Waals surface area contributed by atoms with Crippen molar-refractivity contribution in [3.8, 4) is 5.75 Å². The van der Waals surface area contributed by atoms with Gasteiger partial charge >= 0.3 is 12.1 Å². The van der Waals surface area contributed by atoms with Crippen molar-refractivity contribution in [1.82, 2.24) is 15.1 Å². The molecule has 1 aromatic carbocycles. The van der Waals surface area contributed by atoms with Crippen LogP contribution in [0.15, 0.2) is 18.2 Å². The quantitative estimate of drug-likeness (QED) is 0.850. The molecule has 9 heteroatoms. The molecule has 0 bridgehead atoms. The lowest BCUT2D eigenvalue weighted by molar-refractivity contribution is 0.0452. The lowest BCUT2D eigenvalue weighted by Crippen LogP contribution is -2.71. The van der Waals surface area contributed by atoms with E-state index in [0.717, 1.165) is 12.8 Å². The van der Waals surface area contributed by atoms with Crippen LogP contribution in [0.1, 0.15) is 12.8 Å². The molecular formula is C18H21ClFN3O4. The van der Waals surface area contributed by atoms with Gasteiger partial charge in [0, 0.05) is 13.1 Å². The monoisotopic (exact) mass is 397 g/mol. The number of rotatable bonds is 3. The van der Waals surface area contributed by atoms with Crippen LogP contribution in [-0.2, 0) is 4.74 Å². The van der Waals surface area contributed by atoms with Gasteiger partial charge in [-0.2, -0.15) is 0 Å². The van der Waals surface area contributed by atoms with Gasteiger partial charge in [-0.25, -0.2) is 14.0 Å². The van der Waals surface area contributed by atoms with Gasteiger partial charge < -0.3 is 24.6 Å². The Bertz CT molecular complexity index is 748. The van der Waals surface area contributed by atoms with Crippen molar-refractivity contribution >= 4 is 23.7 Å². The summed E-state index contributed by atoms with van der Waals surface area (Å²) in [5.74, 6) is 0.402. The summed E-state index contributed by atoms with van der Waals surface area (Å²) in [5, 5.41) is 3.04. The molecule has 4 rings (SSSR count). The number of alkyl carbamates (subject to hydrolysis) is 1. The number of hydrogen-bond acceptors (Lipinski definition) is 4. The van der Waals surface area contributed by atoms with Gasteiger partial charge in [-0.15, -0.1) is 0 Å². The molecule has 1 N–H and O–H groups in total. The molecule has 0 aromatic heterocycles. The molecule has 3 saturated heterocycles. The number of amides is 3. The normalized spacial score (nSPS) is 21.6. The molecule has 7 nitrogen and oxygen atoms in total. The van der Waals surface area contributed by atoms with E-state index in [0.29, 0.717) is 51.1 Å². The molecule has 3 aliphatic rings. The lowest BCUT2D eigenvalue weighted by Gasteiger charge is -2.48. The third kappa shape index (κ3) is 3.76. The van der Waals surface area contributed by atoms with Crippen molar-refractivity contribution in [2.24, 2.45) is 5.92 Å². The number of carbonyl (C=O) groups is 2. The van der Waals surface area contributed by atoms with Gasteiger partial charge in [-0.05, 0) is 37.0 Å². The van der Waals surface area contributed by atoms with Crippen molar-refractivity contribution in [3.05, 3.63) is 29.0 Å². The van der Waals surface area contributed by atoms with Crippen LogP contribution >= 0.6 is 11.6 Å². The second kappa shape index (κ2) is 7.07. The average Bonchev–Trinajstić information content (AvgIpc) is 3.02. The number of hydrogen-bond donors (Lipinski definition) is 1. The third-order valence-corrected chi connectivity index (χ3v) is 5.65. The van der Waals surface area contributed by atoms with E-state index in [4.69, 9.17) is 21.1 Å². The summed E-state index contributed by atoms with van der Waals surface area (Å²) < 4.78 is 23.7. The van der Waals surface area contributed by atoms with E-state index in [1.807, 2.05) is 4.90 Å². The van der Waals surface area contributed by atoms with Gasteiger partial charge in [0.1, 0.15) is 23.7 Å². The van der Waals surface area contributed by atoms with Crippen LogP contribution in [0.2, 0.25) is 5.02 Å². The highest BCUT2D eigenvalue weighted by atomic mass is 35.5. The number of piperidine rings is 1. The van der Waals surface area contributed by atoms with Gasteiger partial charge in [0.15, 0.2) is 0 Å². The Morgan fingerprint density at radius 3 is 2.70 bits per heavy atom. The molecule has 3 heterocycles. The summed E-state index contributed by atoms with van der Waals surface area (Å²) in [6.07, 6.45) is 1.26. The maximum Gasteiger partial charge on any atom is 0.407 e. The molecule has 0 radical (unpaired) electrons.